The Morgan fingerprint density at radius 1 is 1.00 bits per heavy atom. The molecule has 0 bridgehead atoms. The molecule has 0 aliphatic heterocycles. The summed E-state index contributed by atoms with van der Waals surface area (Å²) in [6.45, 7) is -0.800. The van der Waals surface area contributed by atoms with Crippen LogP contribution < -0.4 is 0 Å². The summed E-state index contributed by atoms with van der Waals surface area (Å²) in [4.78, 5) is 0. The van der Waals surface area contributed by atoms with Crippen molar-refractivity contribution in [2.75, 3.05) is 26.4 Å². The van der Waals surface area contributed by atoms with Crippen LogP contribution in [-0.2, 0) is 4.74 Å². The first kappa shape index (κ1) is 15.5. The maximum Gasteiger partial charge on any atom is 2.00 e. The van der Waals surface area contributed by atoms with Crippen molar-refractivity contribution in [3.05, 3.63) is 0 Å². The molecule has 2 atom stereocenters. The monoisotopic (exact) mass is 208 g/mol. The van der Waals surface area contributed by atoms with Crippen LogP contribution in [0, 0.1) is 0 Å². The number of hydrogen-bond acceptors (Lipinski definition) is 5. The summed E-state index contributed by atoms with van der Waals surface area (Å²) in [7, 11) is 0. The molecule has 0 aliphatic carbocycles. The van der Waals surface area contributed by atoms with Gasteiger partial charge in [0.2, 0.25) is 0 Å². The van der Waals surface area contributed by atoms with Crippen molar-refractivity contribution in [1.29, 1.82) is 0 Å². The summed E-state index contributed by atoms with van der Waals surface area (Å²) in [6.07, 6.45) is -1.83. The van der Waals surface area contributed by atoms with Crippen LogP contribution in [0.4, 0.5) is 0 Å². The molecule has 0 spiro atoms. The smallest absolute Gasteiger partial charge is 1.00 e. The van der Waals surface area contributed by atoms with E-state index >= 15 is 0 Å². The molecule has 0 amide bonds. The average molecular weight is 208 g/mol. The Morgan fingerprint density at radius 2 is 1.33 bits per heavy atom. The van der Waals surface area contributed by atoms with Gasteiger partial charge in [0.25, 0.3) is 0 Å². The molecular formula is C6H16CaO5. The molecule has 0 rings (SSSR count). The maximum absolute atomic E-state index is 8.72. The molecule has 6 heteroatoms. The molecule has 12 heavy (non-hydrogen) atoms. The van der Waals surface area contributed by atoms with E-state index in [1.807, 2.05) is 0 Å². The van der Waals surface area contributed by atoms with Crippen LogP contribution in [0.3, 0.4) is 0 Å². The zero-order valence-corrected chi connectivity index (χ0v) is 9.10. The third-order valence-electron chi connectivity index (χ3n) is 1.04. The maximum atomic E-state index is 8.72. The predicted molar refractivity (Wildman–Crippen MR) is 45.0 cm³/mol. The van der Waals surface area contributed by atoms with Gasteiger partial charge in [0.05, 0.1) is 26.4 Å². The molecule has 0 aromatic heterocycles. The van der Waals surface area contributed by atoms with Crippen LogP contribution in [0.5, 0.6) is 0 Å². The van der Waals surface area contributed by atoms with Gasteiger partial charge in [-0.3, -0.25) is 0 Å². The van der Waals surface area contributed by atoms with E-state index in [1.165, 1.54) is 0 Å². The second-order valence-electron chi connectivity index (χ2n) is 2.21. The minimum Gasteiger partial charge on any atom is -1.00 e. The first-order valence-corrected chi connectivity index (χ1v) is 3.36. The van der Waals surface area contributed by atoms with Crippen LogP contribution >= 0.6 is 0 Å². The Balaban J connectivity index is -0.000000167. The van der Waals surface area contributed by atoms with Gasteiger partial charge in [-0.05, 0) is 0 Å². The van der Waals surface area contributed by atoms with Gasteiger partial charge in [0.1, 0.15) is 12.2 Å². The third-order valence-corrected chi connectivity index (χ3v) is 1.04. The van der Waals surface area contributed by atoms with E-state index in [1.54, 1.807) is 0 Å². The van der Waals surface area contributed by atoms with Crippen LogP contribution in [0.15, 0.2) is 0 Å². The third kappa shape index (κ3) is 9.15. The van der Waals surface area contributed by atoms with Crippen LogP contribution in [0.1, 0.15) is 2.85 Å². The van der Waals surface area contributed by atoms with Crippen molar-refractivity contribution in [3.63, 3.8) is 0 Å². The normalized spacial score (nSPS) is 15.0. The van der Waals surface area contributed by atoms with E-state index in [0.29, 0.717) is 0 Å². The topological polar surface area (TPSA) is 90.2 Å². The second kappa shape index (κ2) is 10.1. The molecule has 0 aromatic carbocycles. The zero-order chi connectivity index (χ0) is 8.69. The molecule has 0 heterocycles. The quantitative estimate of drug-likeness (QED) is 0.364. The minimum atomic E-state index is -0.916. The van der Waals surface area contributed by atoms with Crippen LogP contribution in [0.2, 0.25) is 0 Å². The fraction of sp³-hybridized carbons (Fsp3) is 1.00. The Morgan fingerprint density at radius 3 is 1.58 bits per heavy atom. The fourth-order valence-electron chi connectivity index (χ4n) is 0.446. The van der Waals surface area contributed by atoms with Gasteiger partial charge in [0, 0.05) is 0 Å². The standard InChI is InChI=1S/C6H14O5.Ca.2H/c7-1-5(9)3-11-4-6(10)2-8;;;/h5-10H,1-4H2;;;/q;+2;2*-1. The van der Waals surface area contributed by atoms with Crippen molar-refractivity contribution < 1.29 is 28.0 Å². The molecule has 0 aliphatic rings. The van der Waals surface area contributed by atoms with Gasteiger partial charge in [-0.15, -0.1) is 0 Å². The number of ether oxygens (including phenoxy) is 1. The van der Waals surface area contributed by atoms with E-state index in [2.05, 4.69) is 0 Å². The number of aliphatic hydroxyl groups is 4. The van der Waals surface area contributed by atoms with Gasteiger partial charge >= 0.3 is 37.7 Å². The van der Waals surface area contributed by atoms with E-state index in [4.69, 9.17) is 25.2 Å². The second-order valence-corrected chi connectivity index (χ2v) is 2.21. The van der Waals surface area contributed by atoms with E-state index in [-0.39, 0.29) is 67.0 Å². The number of aliphatic hydroxyl groups excluding tert-OH is 4. The van der Waals surface area contributed by atoms with E-state index < -0.39 is 12.2 Å². The molecule has 72 valence electrons. The summed E-state index contributed by atoms with van der Waals surface area (Å²) in [5.41, 5.74) is 0. The molecule has 0 fully saturated rings. The molecule has 5 nitrogen and oxygen atoms in total. The molecule has 0 saturated heterocycles. The fourth-order valence-corrected chi connectivity index (χ4v) is 0.446. The van der Waals surface area contributed by atoms with Gasteiger partial charge in [-0.25, -0.2) is 0 Å². The van der Waals surface area contributed by atoms with Crippen LogP contribution in [0.25, 0.3) is 0 Å². The van der Waals surface area contributed by atoms with Gasteiger partial charge < -0.3 is 28.0 Å². The van der Waals surface area contributed by atoms with E-state index in [9.17, 15) is 0 Å². The summed E-state index contributed by atoms with van der Waals surface area (Å²) in [5.74, 6) is 0. The number of rotatable bonds is 6. The number of hydrogen-bond donors (Lipinski definition) is 4. The molecular weight excluding hydrogens is 192 g/mol. The largest absolute Gasteiger partial charge is 2.00 e. The van der Waals surface area contributed by atoms with Gasteiger partial charge in [0.15, 0.2) is 0 Å². The van der Waals surface area contributed by atoms with Crippen LogP contribution in [-0.4, -0.2) is 96.8 Å². The van der Waals surface area contributed by atoms with E-state index in [0.717, 1.165) is 0 Å². The first-order chi connectivity index (χ1) is 5.20. The summed E-state index contributed by atoms with van der Waals surface area (Å²) in [6, 6.07) is 0. The predicted octanol–water partition coefficient (Wildman–Crippen LogP) is -2.45. The molecule has 4 N–H and O–H groups in total. The summed E-state index contributed by atoms with van der Waals surface area (Å²) < 4.78 is 4.72. The average Bonchev–Trinajstić information content (AvgIpc) is 2.04. The summed E-state index contributed by atoms with van der Waals surface area (Å²) >= 11 is 0. The van der Waals surface area contributed by atoms with Crippen molar-refractivity contribution in [1.82, 2.24) is 0 Å². The van der Waals surface area contributed by atoms with Crippen molar-refractivity contribution in [2.45, 2.75) is 12.2 Å². The minimum absolute atomic E-state index is 0. The first-order valence-electron chi connectivity index (χ1n) is 3.36. The Kier molecular flexibility index (Phi) is 13.1. The van der Waals surface area contributed by atoms with Gasteiger partial charge in [-0.2, -0.15) is 0 Å². The molecule has 0 aromatic rings. The Hall–Kier alpha value is 1.06. The Labute approximate surface area is 104 Å². The van der Waals surface area contributed by atoms with Crippen molar-refractivity contribution >= 4 is 37.7 Å². The zero-order valence-electron chi connectivity index (χ0n) is 8.89. The molecule has 0 radical (unpaired) electrons. The van der Waals surface area contributed by atoms with Gasteiger partial charge in [-0.1, -0.05) is 0 Å². The SMILES string of the molecule is OCC(O)COCC(O)CO.[Ca+2].[H-].[H-]. The molecule has 0 saturated carbocycles. The molecule has 2 unspecified atom stereocenters. The van der Waals surface area contributed by atoms with Crippen molar-refractivity contribution in [2.24, 2.45) is 0 Å². The summed E-state index contributed by atoms with van der Waals surface area (Å²) in [5, 5.41) is 34.1. The van der Waals surface area contributed by atoms with Crippen molar-refractivity contribution in [3.8, 4) is 0 Å². The Bertz CT molecular complexity index is 90.3.